The van der Waals surface area contributed by atoms with Crippen molar-refractivity contribution in [1.29, 1.82) is 0 Å². The number of allylic oxidation sites excluding steroid dienone is 5. The van der Waals surface area contributed by atoms with Gasteiger partial charge in [-0.25, -0.2) is 0 Å². The minimum atomic E-state index is -2.48. The Morgan fingerprint density at radius 2 is 1.93 bits per heavy atom. The van der Waals surface area contributed by atoms with Crippen molar-refractivity contribution in [3.8, 4) is 0 Å². The van der Waals surface area contributed by atoms with Crippen LogP contribution in [0.4, 0.5) is 0 Å². The summed E-state index contributed by atoms with van der Waals surface area (Å²) in [5.74, 6) is 4.38. The van der Waals surface area contributed by atoms with Crippen molar-refractivity contribution in [2.75, 3.05) is 13.1 Å². The molecular weight excluding hydrogens is 372 g/mol. The van der Waals surface area contributed by atoms with Crippen LogP contribution < -0.4 is 11.1 Å². The van der Waals surface area contributed by atoms with Crippen LogP contribution in [0, 0.1) is 0 Å². The van der Waals surface area contributed by atoms with Gasteiger partial charge in [0.05, 0.1) is 6.10 Å². The number of nitrogens with one attached hydrogen (secondary N) is 1. The van der Waals surface area contributed by atoms with Gasteiger partial charge in [0.25, 0.3) is 0 Å². The number of hydrogen-bond acceptors (Lipinski definition) is 5. The summed E-state index contributed by atoms with van der Waals surface area (Å²) in [6.45, 7) is 16.0. The zero-order valence-corrected chi connectivity index (χ0v) is 18.6. The number of nitrogens with two attached hydrogens (primary N) is 1. The zero-order valence-electron chi connectivity index (χ0n) is 17.8. The lowest BCUT2D eigenvalue weighted by Gasteiger charge is -2.21. The third-order valence-corrected chi connectivity index (χ3v) is 6.86. The highest BCUT2D eigenvalue weighted by Crippen LogP contribution is 2.20. The molecule has 0 radical (unpaired) electrons. The van der Waals surface area contributed by atoms with E-state index in [4.69, 9.17) is 10.5 Å². The van der Waals surface area contributed by atoms with E-state index in [0.29, 0.717) is 30.2 Å². The van der Waals surface area contributed by atoms with Crippen LogP contribution >= 0.6 is 0 Å². The maximum absolute atomic E-state index is 13.2. The Balaban J connectivity index is 5.22. The summed E-state index contributed by atoms with van der Waals surface area (Å²) in [6, 6.07) is 0. The Morgan fingerprint density at radius 3 is 2.39 bits per heavy atom. The smallest absolute Gasteiger partial charge is 0.163 e. The summed E-state index contributed by atoms with van der Waals surface area (Å²) in [7, 11) is -2.48. The largest absolute Gasteiger partial charge is 0.491 e. The number of rotatable bonds is 14. The molecule has 0 heterocycles. The molecule has 0 amide bonds. The molecule has 3 atom stereocenters. The van der Waals surface area contributed by atoms with E-state index in [2.05, 4.69) is 24.3 Å². The van der Waals surface area contributed by atoms with E-state index in [1.165, 1.54) is 0 Å². The minimum Gasteiger partial charge on any atom is -0.491 e. The van der Waals surface area contributed by atoms with E-state index in [0.717, 1.165) is 12.0 Å². The predicted octanol–water partition coefficient (Wildman–Crippen LogP) is 3.25. The molecule has 0 aromatic rings. The van der Waals surface area contributed by atoms with Gasteiger partial charge in [0.15, 0.2) is 6.23 Å². The van der Waals surface area contributed by atoms with Crippen LogP contribution in [0.2, 0.25) is 0 Å². The molecule has 0 bridgehead atoms. The molecule has 0 aliphatic rings. The molecule has 0 aliphatic heterocycles. The topological polar surface area (TPSA) is 84.6 Å². The molecule has 6 heteroatoms. The fourth-order valence-electron chi connectivity index (χ4n) is 2.59. The minimum absolute atomic E-state index is 0.0531. The molecule has 0 aromatic heterocycles. The third kappa shape index (κ3) is 9.06. The Hall–Kier alpha value is -1.60. The third-order valence-electron chi connectivity index (χ3n) is 4.11. The molecule has 0 aromatic carbocycles. The highest BCUT2D eigenvalue weighted by Gasteiger charge is 2.19. The number of aliphatic hydroxyl groups is 1. The number of ether oxygens (including phenoxy) is 1. The molecule has 0 spiro atoms. The fraction of sp³-hybridized carbons (Fsp3) is 0.500. The van der Waals surface area contributed by atoms with Crippen LogP contribution in [0.5, 0.6) is 0 Å². The zero-order chi connectivity index (χ0) is 21.7. The first-order valence-electron chi connectivity index (χ1n) is 9.60. The van der Waals surface area contributed by atoms with Crippen molar-refractivity contribution in [1.82, 2.24) is 5.32 Å². The molecule has 0 aliphatic carbocycles. The van der Waals surface area contributed by atoms with Gasteiger partial charge in [0, 0.05) is 16.7 Å². The van der Waals surface area contributed by atoms with E-state index in [-0.39, 0.29) is 11.4 Å². The van der Waals surface area contributed by atoms with Gasteiger partial charge in [-0.3, -0.25) is 9.53 Å². The van der Waals surface area contributed by atoms with Crippen LogP contribution in [0.3, 0.4) is 0 Å². The number of aliphatic hydroxyl groups excluding tert-OH is 1. The standard InChI is InChI=1S/C22H38N2O3S/c1-8-11-21(27-17(4)5)22(25)24-16-18(6)12-13-19(9-2)28(7,26)20(10-3)14-15-23/h8-9,11-13,17,20,22,24-25H,1-2,7,10,14-16,23H2,3-6H3/b18-12+,19-13+,21-11-. The van der Waals surface area contributed by atoms with Crippen LogP contribution in [0.15, 0.2) is 59.8 Å². The van der Waals surface area contributed by atoms with E-state index >= 15 is 0 Å². The van der Waals surface area contributed by atoms with Gasteiger partial charge in [-0.15, -0.1) is 0 Å². The van der Waals surface area contributed by atoms with Gasteiger partial charge in [-0.2, -0.15) is 0 Å². The molecule has 0 rings (SSSR count). The maximum Gasteiger partial charge on any atom is 0.163 e. The lowest BCUT2D eigenvalue weighted by atomic mass is 10.2. The normalized spacial score (nSPS) is 17.8. The summed E-state index contributed by atoms with van der Waals surface area (Å²) in [5, 5.41) is 13.2. The van der Waals surface area contributed by atoms with Crippen molar-refractivity contribution in [3.63, 3.8) is 0 Å². The van der Waals surface area contributed by atoms with Gasteiger partial charge in [-0.05, 0) is 67.7 Å². The van der Waals surface area contributed by atoms with Crippen molar-refractivity contribution in [2.45, 2.75) is 58.1 Å². The molecule has 0 fully saturated rings. The fourth-order valence-corrected chi connectivity index (χ4v) is 4.61. The quantitative estimate of drug-likeness (QED) is 0.177. The van der Waals surface area contributed by atoms with Gasteiger partial charge >= 0.3 is 0 Å². The second-order valence-corrected chi connectivity index (χ2v) is 9.47. The van der Waals surface area contributed by atoms with Gasteiger partial charge < -0.3 is 15.6 Å². The van der Waals surface area contributed by atoms with Crippen LogP contribution in [-0.2, 0) is 14.3 Å². The van der Waals surface area contributed by atoms with Crippen molar-refractivity contribution >= 4 is 15.4 Å². The summed E-state index contributed by atoms with van der Waals surface area (Å²) >= 11 is 0. The van der Waals surface area contributed by atoms with E-state index in [9.17, 15) is 9.32 Å². The Kier molecular flexibility index (Phi) is 12.8. The SMILES string of the molecule is C=C/C=C(\OC(C)C)C(O)NC/C(C)=C/C=C(\C=C)S(=C)(=O)C(CC)CCN. The molecule has 4 N–H and O–H groups in total. The first kappa shape index (κ1) is 26.4. The molecule has 5 nitrogen and oxygen atoms in total. The highest BCUT2D eigenvalue weighted by atomic mass is 32.2. The van der Waals surface area contributed by atoms with Crippen molar-refractivity contribution < 1.29 is 14.1 Å². The van der Waals surface area contributed by atoms with Crippen LogP contribution in [-0.4, -0.2) is 45.9 Å². The maximum atomic E-state index is 13.2. The average Bonchev–Trinajstić information content (AvgIpc) is 2.63. The summed E-state index contributed by atoms with van der Waals surface area (Å²) in [5.41, 5.74) is 6.59. The second-order valence-electron chi connectivity index (χ2n) is 6.87. The Bertz CT molecular complexity index is 689. The Morgan fingerprint density at radius 1 is 1.29 bits per heavy atom. The molecular formula is C22H38N2O3S. The Labute approximate surface area is 171 Å². The van der Waals surface area contributed by atoms with E-state index in [1.54, 1.807) is 24.3 Å². The van der Waals surface area contributed by atoms with Crippen LogP contribution in [0.25, 0.3) is 0 Å². The predicted molar refractivity (Wildman–Crippen MR) is 124 cm³/mol. The van der Waals surface area contributed by atoms with E-state index < -0.39 is 15.7 Å². The molecule has 0 saturated carbocycles. The highest BCUT2D eigenvalue weighted by molar-refractivity contribution is 8.04. The molecule has 0 saturated heterocycles. The van der Waals surface area contributed by atoms with Crippen molar-refractivity contribution in [3.05, 3.63) is 59.8 Å². The lowest BCUT2D eigenvalue weighted by molar-refractivity contribution is 0.0551. The lowest BCUT2D eigenvalue weighted by Crippen LogP contribution is -2.33. The molecule has 28 heavy (non-hydrogen) atoms. The molecule has 3 unspecified atom stereocenters. The molecule has 160 valence electrons. The number of hydrogen-bond donors (Lipinski definition) is 3. The van der Waals surface area contributed by atoms with Gasteiger partial charge in [0.2, 0.25) is 0 Å². The summed E-state index contributed by atoms with van der Waals surface area (Å²) in [4.78, 5) is 0.614. The summed E-state index contributed by atoms with van der Waals surface area (Å²) < 4.78 is 18.7. The first-order valence-corrected chi connectivity index (χ1v) is 11.4. The van der Waals surface area contributed by atoms with Crippen molar-refractivity contribution in [2.24, 2.45) is 5.73 Å². The van der Waals surface area contributed by atoms with Crippen LogP contribution in [0.1, 0.15) is 40.5 Å². The van der Waals surface area contributed by atoms with E-state index in [1.807, 2.05) is 33.8 Å². The van der Waals surface area contributed by atoms with Gasteiger partial charge in [-0.1, -0.05) is 43.9 Å². The second kappa shape index (κ2) is 13.6. The monoisotopic (exact) mass is 410 g/mol. The average molecular weight is 411 g/mol. The first-order chi connectivity index (χ1) is 13.1. The summed E-state index contributed by atoms with van der Waals surface area (Å²) in [6.07, 6.45) is 8.85. The van der Waals surface area contributed by atoms with Gasteiger partial charge in [0.1, 0.15) is 5.76 Å².